The van der Waals surface area contributed by atoms with E-state index in [1.54, 1.807) is 19.5 Å². The first-order valence-corrected chi connectivity index (χ1v) is 15.3. The Morgan fingerprint density at radius 1 is 1.08 bits per heavy atom. The zero-order valence-corrected chi connectivity index (χ0v) is 22.9. The first-order chi connectivity index (χ1) is 18.7. The Morgan fingerprint density at radius 2 is 1.85 bits per heavy atom. The Morgan fingerprint density at radius 3 is 2.59 bits per heavy atom. The van der Waals surface area contributed by atoms with Crippen LogP contribution in [0.2, 0.25) is 0 Å². The molecule has 1 aliphatic heterocycles. The van der Waals surface area contributed by atoms with E-state index in [1.165, 1.54) is 19.2 Å². The molecule has 1 aliphatic rings. The number of halogens is 1. The topological polar surface area (TPSA) is 133 Å². The van der Waals surface area contributed by atoms with Crippen molar-refractivity contribution in [2.75, 3.05) is 44.2 Å². The number of carbonyl (C=O) groups is 1. The van der Waals surface area contributed by atoms with E-state index < -0.39 is 18.9 Å². The molecule has 12 heteroatoms. The average Bonchev–Trinajstić information content (AvgIpc) is 3.38. The number of nitrogens with one attached hydrogen (secondary N) is 5. The Hall–Kier alpha value is -3.95. The molecule has 0 radical (unpaired) electrons. The molecule has 4 aromatic rings. The van der Waals surface area contributed by atoms with Crippen LogP contribution in [0.3, 0.4) is 0 Å². The number of H-pyrrole nitrogens is 1. The number of hydrogen-bond donors (Lipinski definition) is 5. The predicted octanol–water partition coefficient (Wildman–Crippen LogP) is 4.32. The summed E-state index contributed by atoms with van der Waals surface area (Å²) in [5.41, 5.74) is 1.38. The Bertz CT molecular complexity index is 1560. The molecule has 5 N–H and O–H groups in total. The van der Waals surface area contributed by atoms with E-state index in [4.69, 9.17) is 4.74 Å². The molecule has 1 fully saturated rings. The van der Waals surface area contributed by atoms with Gasteiger partial charge in [-0.15, -0.1) is 0 Å². The molecular weight excluding hydrogens is 520 g/mol. The number of para-hydroxylation sites is 1. The lowest BCUT2D eigenvalue weighted by molar-refractivity contribution is 0.0925. The van der Waals surface area contributed by atoms with E-state index in [2.05, 4.69) is 36.2 Å². The number of nitrogens with zero attached hydrogens (tertiary/aromatic N) is 2. The molecule has 204 valence electrons. The summed E-state index contributed by atoms with van der Waals surface area (Å²) >= 11 is 0. The number of fused-ring (bicyclic) bond motifs is 1. The summed E-state index contributed by atoms with van der Waals surface area (Å²) < 4.78 is 33.5. The van der Waals surface area contributed by atoms with Gasteiger partial charge in [0.25, 0.3) is 5.91 Å². The van der Waals surface area contributed by atoms with Gasteiger partial charge in [-0.2, -0.15) is 9.97 Å². The Balaban J connectivity index is 1.45. The van der Waals surface area contributed by atoms with Gasteiger partial charge in [-0.3, -0.25) is 4.79 Å². The van der Waals surface area contributed by atoms with Crippen molar-refractivity contribution < 1.29 is 18.5 Å². The SMILES string of the molecule is COc1cc(C(=O)NC2CCNCC2)c(F)cc1Nc1nc(Nc2ccccc2P(C)(C)=O)c2cc[nH]c2n1. The van der Waals surface area contributed by atoms with Crippen LogP contribution in [0.15, 0.2) is 48.7 Å². The third kappa shape index (κ3) is 5.89. The maximum absolute atomic E-state index is 15.1. The van der Waals surface area contributed by atoms with E-state index in [0.717, 1.165) is 31.3 Å². The lowest BCUT2D eigenvalue weighted by Crippen LogP contribution is -2.42. The largest absolute Gasteiger partial charge is 0.495 e. The number of amides is 1. The van der Waals surface area contributed by atoms with Gasteiger partial charge in [0.2, 0.25) is 5.95 Å². The van der Waals surface area contributed by atoms with E-state index >= 15 is 4.39 Å². The van der Waals surface area contributed by atoms with Gasteiger partial charge in [0.05, 0.1) is 29.4 Å². The van der Waals surface area contributed by atoms with Crippen LogP contribution in [0.4, 0.5) is 27.5 Å². The summed E-state index contributed by atoms with van der Waals surface area (Å²) in [5, 5.41) is 13.9. The summed E-state index contributed by atoms with van der Waals surface area (Å²) in [5.74, 6) is -0.269. The van der Waals surface area contributed by atoms with Gasteiger partial charge >= 0.3 is 0 Å². The molecule has 2 aromatic heterocycles. The highest BCUT2D eigenvalue weighted by Gasteiger charge is 2.22. The van der Waals surface area contributed by atoms with Crippen molar-refractivity contribution in [1.82, 2.24) is 25.6 Å². The van der Waals surface area contributed by atoms with Gasteiger partial charge in [-0.25, -0.2) is 4.39 Å². The molecule has 39 heavy (non-hydrogen) atoms. The fourth-order valence-electron chi connectivity index (χ4n) is 4.61. The molecule has 2 aromatic carbocycles. The van der Waals surface area contributed by atoms with Crippen LogP contribution in [-0.4, -0.2) is 60.4 Å². The number of rotatable bonds is 8. The minimum atomic E-state index is -2.57. The molecule has 3 heterocycles. The molecular formula is C27H31FN7O3P. The summed E-state index contributed by atoms with van der Waals surface area (Å²) in [6, 6.07) is 11.8. The van der Waals surface area contributed by atoms with Crippen molar-refractivity contribution in [2.45, 2.75) is 18.9 Å². The van der Waals surface area contributed by atoms with Crippen molar-refractivity contribution in [1.29, 1.82) is 0 Å². The van der Waals surface area contributed by atoms with Crippen LogP contribution in [0.1, 0.15) is 23.2 Å². The van der Waals surface area contributed by atoms with E-state index in [1.807, 2.05) is 30.3 Å². The van der Waals surface area contributed by atoms with Crippen molar-refractivity contribution in [3.8, 4) is 5.75 Å². The fourth-order valence-corrected chi connectivity index (χ4v) is 5.77. The number of piperidine rings is 1. The third-order valence-corrected chi connectivity index (χ3v) is 8.16. The smallest absolute Gasteiger partial charge is 0.254 e. The number of ether oxygens (including phenoxy) is 1. The first-order valence-electron chi connectivity index (χ1n) is 12.7. The highest BCUT2D eigenvalue weighted by atomic mass is 31.2. The van der Waals surface area contributed by atoms with E-state index in [0.29, 0.717) is 22.5 Å². The van der Waals surface area contributed by atoms with Gasteiger partial charge in [0.15, 0.2) is 0 Å². The van der Waals surface area contributed by atoms with Gasteiger partial charge in [0, 0.05) is 23.6 Å². The number of aromatic amines is 1. The van der Waals surface area contributed by atoms with Crippen LogP contribution >= 0.6 is 7.14 Å². The number of carbonyl (C=O) groups excluding carboxylic acids is 1. The van der Waals surface area contributed by atoms with Gasteiger partial charge in [-0.1, -0.05) is 12.1 Å². The summed E-state index contributed by atoms with van der Waals surface area (Å²) in [7, 11) is -1.13. The summed E-state index contributed by atoms with van der Waals surface area (Å²) in [6.07, 6.45) is 3.32. The van der Waals surface area contributed by atoms with Crippen molar-refractivity contribution in [3.63, 3.8) is 0 Å². The van der Waals surface area contributed by atoms with Gasteiger partial charge in [-0.05, 0) is 63.5 Å². The lowest BCUT2D eigenvalue weighted by atomic mass is 10.1. The van der Waals surface area contributed by atoms with E-state index in [-0.39, 0.29) is 29.0 Å². The Kier molecular flexibility index (Phi) is 7.54. The normalized spacial score (nSPS) is 14.3. The molecule has 1 amide bonds. The molecule has 0 spiro atoms. The lowest BCUT2D eigenvalue weighted by Gasteiger charge is -2.24. The van der Waals surface area contributed by atoms with Gasteiger partial charge in [0.1, 0.15) is 30.2 Å². The monoisotopic (exact) mass is 551 g/mol. The van der Waals surface area contributed by atoms with Crippen LogP contribution in [0.5, 0.6) is 5.75 Å². The highest BCUT2D eigenvalue weighted by molar-refractivity contribution is 7.70. The molecule has 0 saturated carbocycles. The minimum Gasteiger partial charge on any atom is -0.495 e. The molecule has 0 bridgehead atoms. The second-order valence-electron chi connectivity index (χ2n) is 9.78. The fraction of sp³-hybridized carbons (Fsp3) is 0.296. The molecule has 0 aliphatic carbocycles. The second kappa shape index (κ2) is 11.0. The molecule has 0 atom stereocenters. The van der Waals surface area contributed by atoms with Crippen LogP contribution < -0.4 is 31.3 Å². The van der Waals surface area contributed by atoms with Crippen molar-refractivity contribution >= 4 is 52.5 Å². The van der Waals surface area contributed by atoms with E-state index in [9.17, 15) is 9.36 Å². The standard InChI is InChI=1S/C27H31FN7O3P/c1-38-22-14-18(26(36)31-16-8-11-29-12-9-16)19(28)15-21(22)33-27-34-24-17(10-13-30-24)25(35-27)32-20-6-4-5-7-23(20)39(2,3)37/h4-7,10,13-16,29H,8-9,11-12H2,1-3H3,(H,31,36)(H3,30,32,33,34,35). The highest BCUT2D eigenvalue weighted by Crippen LogP contribution is 2.39. The molecule has 1 saturated heterocycles. The van der Waals surface area contributed by atoms with Crippen LogP contribution in [-0.2, 0) is 4.57 Å². The number of hydrogen-bond acceptors (Lipinski definition) is 8. The summed E-state index contributed by atoms with van der Waals surface area (Å²) in [6.45, 7) is 5.04. The quantitative estimate of drug-likeness (QED) is 0.205. The Labute approximate surface area is 225 Å². The number of anilines is 4. The zero-order chi connectivity index (χ0) is 27.6. The first kappa shape index (κ1) is 26.6. The molecule has 5 rings (SSSR count). The molecule has 10 nitrogen and oxygen atoms in total. The van der Waals surface area contributed by atoms with Crippen LogP contribution in [0.25, 0.3) is 11.0 Å². The third-order valence-electron chi connectivity index (χ3n) is 6.61. The maximum atomic E-state index is 15.1. The minimum absolute atomic E-state index is 0.00626. The number of aromatic nitrogens is 3. The summed E-state index contributed by atoms with van der Waals surface area (Å²) in [4.78, 5) is 25.0. The zero-order valence-electron chi connectivity index (χ0n) is 22.0. The van der Waals surface area contributed by atoms with Gasteiger partial charge < -0.3 is 35.6 Å². The predicted molar refractivity (Wildman–Crippen MR) is 152 cm³/mol. The number of methoxy groups -OCH3 is 1. The number of benzene rings is 2. The second-order valence-corrected chi connectivity index (χ2v) is 13.0. The molecule has 0 unspecified atom stereocenters. The maximum Gasteiger partial charge on any atom is 0.254 e. The van der Waals surface area contributed by atoms with Crippen molar-refractivity contribution in [2.24, 2.45) is 0 Å². The average molecular weight is 552 g/mol. The van der Waals surface area contributed by atoms with Crippen molar-refractivity contribution in [3.05, 3.63) is 60.0 Å². The van der Waals surface area contributed by atoms with Crippen LogP contribution in [0, 0.1) is 5.82 Å².